The van der Waals surface area contributed by atoms with E-state index in [4.69, 9.17) is 5.73 Å². The van der Waals surface area contributed by atoms with Gasteiger partial charge >= 0.3 is 0 Å². The van der Waals surface area contributed by atoms with Crippen LogP contribution in [-0.4, -0.2) is 41.3 Å². The molecule has 0 bridgehead atoms. The van der Waals surface area contributed by atoms with Gasteiger partial charge in [0.15, 0.2) is 0 Å². The van der Waals surface area contributed by atoms with E-state index in [0.717, 1.165) is 13.1 Å². The van der Waals surface area contributed by atoms with Crippen LogP contribution in [0.15, 0.2) is 0 Å². The number of nitrogens with zero attached hydrogens (tertiary/aromatic N) is 1. The van der Waals surface area contributed by atoms with Crippen molar-refractivity contribution < 1.29 is 5.11 Å². The van der Waals surface area contributed by atoms with Crippen LogP contribution in [0.4, 0.5) is 0 Å². The molecule has 14 heavy (non-hydrogen) atoms. The maximum atomic E-state index is 9.60. The Hall–Kier alpha value is -0.120. The number of likely N-dealkylation sites (tertiary alicyclic amines) is 1. The predicted molar refractivity (Wildman–Crippen MR) is 57.1 cm³/mol. The summed E-state index contributed by atoms with van der Waals surface area (Å²) in [5, 5.41) is 9.60. The number of aliphatic hydroxyl groups is 1. The zero-order valence-electron chi connectivity index (χ0n) is 8.91. The molecular formula is C11H22N2O. The molecule has 0 amide bonds. The minimum atomic E-state index is -0.328. The standard InChI is InChI=1S/C11H22N2O/c12-8-10(14)9-13-7-3-6-11(13)4-1-2-5-11/h10,14H,1-9,12H2. The minimum Gasteiger partial charge on any atom is -0.390 e. The van der Waals surface area contributed by atoms with Crippen molar-refractivity contribution >= 4 is 0 Å². The molecule has 3 nitrogen and oxygen atoms in total. The quantitative estimate of drug-likeness (QED) is 0.702. The molecule has 0 radical (unpaired) electrons. The summed E-state index contributed by atoms with van der Waals surface area (Å²) in [5.74, 6) is 0. The van der Waals surface area contributed by atoms with Crippen molar-refractivity contribution in [3.63, 3.8) is 0 Å². The average Bonchev–Trinajstić information content (AvgIpc) is 2.79. The third-order valence-corrected chi connectivity index (χ3v) is 3.98. The predicted octanol–water partition coefficient (Wildman–Crippen LogP) is 0.715. The smallest absolute Gasteiger partial charge is 0.0789 e. The molecule has 2 rings (SSSR count). The summed E-state index contributed by atoms with van der Waals surface area (Å²) in [6.07, 6.45) is 7.73. The lowest BCUT2D eigenvalue weighted by Gasteiger charge is -2.36. The van der Waals surface area contributed by atoms with E-state index >= 15 is 0 Å². The molecule has 2 fully saturated rings. The maximum Gasteiger partial charge on any atom is 0.0789 e. The summed E-state index contributed by atoms with van der Waals surface area (Å²) in [5.41, 5.74) is 5.92. The van der Waals surface area contributed by atoms with E-state index in [-0.39, 0.29) is 6.10 Å². The number of hydrogen-bond acceptors (Lipinski definition) is 3. The summed E-state index contributed by atoms with van der Waals surface area (Å²) in [6.45, 7) is 2.35. The highest BCUT2D eigenvalue weighted by Crippen LogP contribution is 2.42. The third kappa shape index (κ3) is 1.81. The topological polar surface area (TPSA) is 49.5 Å². The van der Waals surface area contributed by atoms with Crippen molar-refractivity contribution in [2.24, 2.45) is 5.73 Å². The number of β-amino-alcohol motifs (C(OH)–C–C–N with tert-alkyl or cyclic N) is 1. The number of nitrogens with two attached hydrogens (primary N) is 1. The van der Waals surface area contributed by atoms with Crippen LogP contribution >= 0.6 is 0 Å². The zero-order chi connectivity index (χ0) is 10.0. The van der Waals surface area contributed by atoms with Crippen LogP contribution in [0.1, 0.15) is 38.5 Å². The molecule has 0 aromatic rings. The summed E-state index contributed by atoms with van der Waals surface area (Å²) < 4.78 is 0. The molecule has 1 atom stereocenters. The van der Waals surface area contributed by atoms with Gasteiger partial charge < -0.3 is 10.8 Å². The lowest BCUT2D eigenvalue weighted by atomic mass is 9.94. The molecule has 1 unspecified atom stereocenters. The Balaban J connectivity index is 1.96. The number of hydrogen-bond donors (Lipinski definition) is 2. The van der Waals surface area contributed by atoms with E-state index in [1.54, 1.807) is 0 Å². The molecule has 0 aromatic carbocycles. The fraction of sp³-hybridized carbons (Fsp3) is 1.00. The number of aliphatic hydroxyl groups excluding tert-OH is 1. The highest BCUT2D eigenvalue weighted by atomic mass is 16.3. The van der Waals surface area contributed by atoms with Gasteiger partial charge in [-0.15, -0.1) is 0 Å². The van der Waals surface area contributed by atoms with Gasteiger partial charge in [0, 0.05) is 18.6 Å². The van der Waals surface area contributed by atoms with Crippen molar-refractivity contribution in [2.75, 3.05) is 19.6 Å². The second-order valence-corrected chi connectivity index (χ2v) is 4.87. The van der Waals surface area contributed by atoms with E-state index < -0.39 is 0 Å². The van der Waals surface area contributed by atoms with Crippen molar-refractivity contribution in [2.45, 2.75) is 50.2 Å². The summed E-state index contributed by atoms with van der Waals surface area (Å²) in [7, 11) is 0. The van der Waals surface area contributed by atoms with Gasteiger partial charge in [-0.1, -0.05) is 12.8 Å². The van der Waals surface area contributed by atoms with Crippen molar-refractivity contribution in [1.82, 2.24) is 4.90 Å². The van der Waals surface area contributed by atoms with E-state index in [9.17, 15) is 5.11 Å². The molecule has 3 heteroatoms. The van der Waals surface area contributed by atoms with E-state index in [1.807, 2.05) is 0 Å². The number of rotatable bonds is 3. The largest absolute Gasteiger partial charge is 0.390 e. The van der Waals surface area contributed by atoms with Crippen molar-refractivity contribution in [3.05, 3.63) is 0 Å². The molecule has 3 N–H and O–H groups in total. The van der Waals surface area contributed by atoms with E-state index in [1.165, 1.54) is 38.5 Å². The van der Waals surface area contributed by atoms with Crippen LogP contribution in [-0.2, 0) is 0 Å². The lowest BCUT2D eigenvalue weighted by Crippen LogP contribution is -2.46. The summed E-state index contributed by atoms with van der Waals surface area (Å²) >= 11 is 0. The highest BCUT2D eigenvalue weighted by molar-refractivity contribution is 4.99. The van der Waals surface area contributed by atoms with Gasteiger partial charge in [-0.2, -0.15) is 0 Å². The average molecular weight is 198 g/mol. The Morgan fingerprint density at radius 2 is 1.86 bits per heavy atom. The van der Waals surface area contributed by atoms with Crippen LogP contribution in [0, 0.1) is 0 Å². The van der Waals surface area contributed by atoms with Crippen molar-refractivity contribution in [1.29, 1.82) is 0 Å². The third-order valence-electron chi connectivity index (χ3n) is 3.98. The normalized spacial score (nSPS) is 28.7. The van der Waals surface area contributed by atoms with Crippen LogP contribution in [0.3, 0.4) is 0 Å². The van der Waals surface area contributed by atoms with Gasteiger partial charge in [-0.3, -0.25) is 4.90 Å². The molecule has 82 valence electrons. The Morgan fingerprint density at radius 3 is 2.50 bits per heavy atom. The Bertz CT molecular complexity index is 184. The molecule has 2 aliphatic rings. The van der Waals surface area contributed by atoms with Gasteiger partial charge in [0.25, 0.3) is 0 Å². The fourth-order valence-electron chi connectivity index (χ4n) is 3.21. The van der Waals surface area contributed by atoms with Crippen LogP contribution in [0.25, 0.3) is 0 Å². The van der Waals surface area contributed by atoms with Crippen LogP contribution < -0.4 is 5.73 Å². The van der Waals surface area contributed by atoms with Gasteiger partial charge in [0.05, 0.1) is 6.10 Å². The second kappa shape index (κ2) is 4.17. The SMILES string of the molecule is NCC(O)CN1CCCC12CCCC2. The first-order valence-corrected chi connectivity index (χ1v) is 5.90. The Kier molecular flexibility index (Phi) is 3.10. The van der Waals surface area contributed by atoms with Crippen LogP contribution in [0.5, 0.6) is 0 Å². The Morgan fingerprint density at radius 1 is 1.21 bits per heavy atom. The summed E-state index contributed by atoms with van der Waals surface area (Å²) in [6, 6.07) is 0. The lowest BCUT2D eigenvalue weighted by molar-refractivity contribution is 0.0686. The second-order valence-electron chi connectivity index (χ2n) is 4.87. The molecular weight excluding hydrogens is 176 g/mol. The first-order chi connectivity index (χ1) is 6.77. The Labute approximate surface area is 86.3 Å². The molecule has 1 saturated carbocycles. The molecule has 1 aliphatic heterocycles. The summed E-state index contributed by atoms with van der Waals surface area (Å²) in [4.78, 5) is 2.50. The zero-order valence-corrected chi connectivity index (χ0v) is 8.91. The molecule has 1 spiro atoms. The maximum absolute atomic E-state index is 9.60. The first-order valence-electron chi connectivity index (χ1n) is 5.90. The van der Waals surface area contributed by atoms with Gasteiger partial charge in [-0.05, 0) is 32.2 Å². The molecule has 1 saturated heterocycles. The molecule has 1 aliphatic carbocycles. The molecule has 1 heterocycles. The fourth-order valence-corrected chi connectivity index (χ4v) is 3.21. The van der Waals surface area contributed by atoms with Gasteiger partial charge in [0.2, 0.25) is 0 Å². The highest BCUT2D eigenvalue weighted by Gasteiger charge is 2.42. The first kappa shape index (κ1) is 10.4. The molecule has 0 aromatic heterocycles. The van der Waals surface area contributed by atoms with Gasteiger partial charge in [-0.25, -0.2) is 0 Å². The van der Waals surface area contributed by atoms with Gasteiger partial charge in [0.1, 0.15) is 0 Å². The van der Waals surface area contributed by atoms with Crippen molar-refractivity contribution in [3.8, 4) is 0 Å². The van der Waals surface area contributed by atoms with E-state index in [2.05, 4.69) is 4.90 Å². The van der Waals surface area contributed by atoms with E-state index in [0.29, 0.717) is 12.1 Å². The van der Waals surface area contributed by atoms with Crippen LogP contribution in [0.2, 0.25) is 0 Å². The minimum absolute atomic E-state index is 0.328. The monoisotopic (exact) mass is 198 g/mol.